The normalized spacial score (nSPS) is 15.7. The van der Waals surface area contributed by atoms with E-state index in [9.17, 15) is 0 Å². The van der Waals surface area contributed by atoms with E-state index in [4.69, 9.17) is 8.83 Å². The van der Waals surface area contributed by atoms with Crippen LogP contribution in [-0.4, -0.2) is 5.54 Å². The molecule has 5 nitrogen and oxygen atoms in total. The second-order valence-corrected chi connectivity index (χ2v) is 23.1. The number of hydrogen-bond donors (Lipinski definition) is 0. The molecule has 3 aliphatic rings. The number of fused-ring (bicyclic) bond motifs is 19. The molecule has 3 heterocycles. The van der Waals surface area contributed by atoms with Crippen molar-refractivity contribution in [3.63, 3.8) is 0 Å². The van der Waals surface area contributed by atoms with E-state index in [0.29, 0.717) is 11.2 Å². The highest BCUT2D eigenvalue weighted by Gasteiger charge is 2.60. The molecule has 17 rings (SSSR count). The summed E-state index contributed by atoms with van der Waals surface area (Å²) in [6, 6.07) is 82.4. The maximum Gasteiger partial charge on any atom is 0.171 e. The van der Waals surface area contributed by atoms with Gasteiger partial charge in [0.25, 0.3) is 0 Å². The van der Waals surface area contributed by atoms with Crippen molar-refractivity contribution in [3.8, 4) is 11.1 Å². The monoisotopic (exact) mass is 1100 g/mol. The van der Waals surface area contributed by atoms with Gasteiger partial charge < -0.3 is 23.5 Å². The highest BCUT2D eigenvalue weighted by Crippen LogP contribution is 2.69. The lowest BCUT2D eigenvalue weighted by Crippen LogP contribution is -2.56. The van der Waals surface area contributed by atoms with Crippen molar-refractivity contribution in [3.05, 3.63) is 300 Å². The fourth-order valence-corrected chi connectivity index (χ4v) is 15.1. The van der Waals surface area contributed by atoms with Crippen molar-refractivity contribution in [1.82, 2.24) is 0 Å². The molecule has 406 valence electrons. The van der Waals surface area contributed by atoms with E-state index in [1.54, 1.807) is 12.1 Å². The standard InChI is InChI=1S/C78H53F2N3O2/c1-47-23-7-14-38-63(47)81(66-41-21-33-56-54-31-19-36-61(79)73(54)84-75(56)66)68-45-59-71(52-29-11-9-27-50(52)68)72-53-30-12-10-28-51(53)69(82(64-39-15-8-24-48(64)2)67-42-22-34-57-55-32-20-37-62(80)74(55)85-76(57)67)46-60(72)78(59)58-35-13-16-40-65(58)83(49-25-5-4-6-26-49)77(3)44-18-17-43-70(77)78/h4-43,45-46H,44H2,1-3H3. The van der Waals surface area contributed by atoms with Crippen LogP contribution in [0.4, 0.5) is 54.3 Å². The van der Waals surface area contributed by atoms with Gasteiger partial charge in [0.1, 0.15) is 0 Å². The summed E-state index contributed by atoms with van der Waals surface area (Å²) in [5.41, 5.74) is 16.8. The van der Waals surface area contributed by atoms with E-state index in [1.165, 1.54) is 17.7 Å². The fraction of sp³-hybridized carbons (Fsp3) is 0.0769. The van der Waals surface area contributed by atoms with Gasteiger partial charge in [0.2, 0.25) is 0 Å². The number of furan rings is 2. The molecule has 0 fully saturated rings. The van der Waals surface area contributed by atoms with Crippen LogP contribution in [0, 0.1) is 25.5 Å². The van der Waals surface area contributed by atoms with Crippen molar-refractivity contribution in [2.24, 2.45) is 0 Å². The lowest BCUT2D eigenvalue weighted by atomic mass is 9.57. The van der Waals surface area contributed by atoms with E-state index < -0.39 is 22.6 Å². The molecule has 0 saturated heterocycles. The highest BCUT2D eigenvalue weighted by atomic mass is 19.1. The molecule has 14 aromatic rings. The Bertz CT molecular complexity index is 4970. The van der Waals surface area contributed by atoms with Crippen LogP contribution >= 0.6 is 0 Å². The third-order valence-electron chi connectivity index (χ3n) is 18.6. The zero-order valence-corrected chi connectivity index (χ0v) is 46.9. The summed E-state index contributed by atoms with van der Waals surface area (Å²) in [5.74, 6) is -0.808. The topological polar surface area (TPSA) is 36.0 Å². The molecular formula is C78H53F2N3O2. The maximum absolute atomic E-state index is 16.0. The second kappa shape index (κ2) is 18.2. The predicted molar refractivity (Wildman–Crippen MR) is 345 cm³/mol. The lowest BCUT2D eigenvalue weighted by molar-refractivity contribution is 0.456. The molecule has 7 heteroatoms. The molecule has 1 atom stereocenters. The van der Waals surface area contributed by atoms with Crippen LogP contribution in [0.15, 0.2) is 269 Å². The molecule has 1 unspecified atom stereocenters. The zero-order chi connectivity index (χ0) is 56.9. The Morgan fingerprint density at radius 3 is 1.35 bits per heavy atom. The number of hydrogen-bond acceptors (Lipinski definition) is 5. The largest absolute Gasteiger partial charge is 0.451 e. The Kier molecular flexibility index (Phi) is 10.5. The van der Waals surface area contributed by atoms with Crippen molar-refractivity contribution in [2.75, 3.05) is 14.7 Å². The fourth-order valence-electron chi connectivity index (χ4n) is 15.1. The van der Waals surface area contributed by atoms with Crippen LogP contribution in [-0.2, 0) is 5.41 Å². The first-order chi connectivity index (χ1) is 41.7. The van der Waals surface area contributed by atoms with Gasteiger partial charge in [0, 0.05) is 55.1 Å². The molecule has 2 aliphatic carbocycles. The van der Waals surface area contributed by atoms with Crippen molar-refractivity contribution in [1.29, 1.82) is 0 Å². The average molecular weight is 1100 g/mol. The SMILES string of the molecule is Cc1ccccc1N(c1cc2c(c3ccccc13)-c1c(cc(N(c3ccccc3C)c3cccc4c3oc3c(F)cccc34)c3ccccc13)C21C2=CC=CCC2(C)N(c2ccccc2)c2ccccc21)c1cccc2c1oc1c(F)cccc12. The third kappa shape index (κ3) is 6.72. The number of benzene rings is 12. The Morgan fingerprint density at radius 2 is 0.824 bits per heavy atom. The minimum Gasteiger partial charge on any atom is -0.451 e. The molecule has 0 bridgehead atoms. The van der Waals surface area contributed by atoms with Gasteiger partial charge in [-0.2, -0.15) is 0 Å². The van der Waals surface area contributed by atoms with Crippen LogP contribution in [0.3, 0.4) is 0 Å². The van der Waals surface area contributed by atoms with Gasteiger partial charge in [-0.1, -0.05) is 188 Å². The first-order valence-corrected chi connectivity index (χ1v) is 29.1. The second-order valence-electron chi connectivity index (χ2n) is 23.1. The molecule has 1 aliphatic heterocycles. The Balaban J connectivity index is 1.06. The van der Waals surface area contributed by atoms with Gasteiger partial charge in [0.05, 0.1) is 33.7 Å². The smallest absolute Gasteiger partial charge is 0.171 e. The Labute approximate surface area is 489 Å². The van der Waals surface area contributed by atoms with Gasteiger partial charge >= 0.3 is 0 Å². The van der Waals surface area contributed by atoms with Crippen LogP contribution in [0.5, 0.6) is 0 Å². The van der Waals surface area contributed by atoms with Crippen molar-refractivity contribution < 1.29 is 17.6 Å². The minimum absolute atomic E-state index is 0.229. The molecule has 0 radical (unpaired) electrons. The molecule has 0 amide bonds. The van der Waals surface area contributed by atoms with Crippen LogP contribution in [0.2, 0.25) is 0 Å². The van der Waals surface area contributed by atoms with E-state index in [1.807, 2.05) is 24.3 Å². The molecule has 85 heavy (non-hydrogen) atoms. The number of nitrogens with zero attached hydrogens (tertiary/aromatic N) is 3. The minimum atomic E-state index is -0.957. The van der Waals surface area contributed by atoms with Gasteiger partial charge in [-0.3, -0.25) is 0 Å². The van der Waals surface area contributed by atoms with Crippen molar-refractivity contribution >= 4 is 111 Å². The number of rotatable bonds is 7. The van der Waals surface area contributed by atoms with Gasteiger partial charge in [0.15, 0.2) is 34.0 Å². The zero-order valence-electron chi connectivity index (χ0n) is 46.9. The number of aryl methyl sites for hydroxylation is 2. The quantitative estimate of drug-likeness (QED) is 0.159. The molecule has 0 saturated carbocycles. The molecule has 2 aromatic heterocycles. The van der Waals surface area contributed by atoms with Gasteiger partial charge in [-0.25, -0.2) is 8.78 Å². The van der Waals surface area contributed by atoms with Gasteiger partial charge in [-0.15, -0.1) is 0 Å². The van der Waals surface area contributed by atoms with Crippen molar-refractivity contribution in [2.45, 2.75) is 38.1 Å². The molecule has 0 N–H and O–H groups in total. The summed E-state index contributed by atoms with van der Waals surface area (Å²) in [6.07, 6.45) is 7.72. The number of halogens is 2. The number of anilines is 8. The molecule has 1 spiro atoms. The van der Waals surface area contributed by atoms with Crippen LogP contribution < -0.4 is 14.7 Å². The summed E-state index contributed by atoms with van der Waals surface area (Å²) >= 11 is 0. The van der Waals surface area contributed by atoms with Crippen LogP contribution in [0.1, 0.15) is 41.2 Å². The Morgan fingerprint density at radius 1 is 0.400 bits per heavy atom. The molecular weight excluding hydrogens is 1050 g/mol. The van der Waals surface area contributed by atoms with E-state index in [-0.39, 0.29) is 11.2 Å². The highest BCUT2D eigenvalue weighted by molar-refractivity contribution is 6.21. The van der Waals surface area contributed by atoms with E-state index >= 15 is 8.78 Å². The molecule has 12 aromatic carbocycles. The number of para-hydroxylation sites is 8. The Hall–Kier alpha value is -10.5. The van der Waals surface area contributed by atoms with E-state index in [2.05, 4.69) is 242 Å². The third-order valence-corrected chi connectivity index (χ3v) is 18.6. The summed E-state index contributed by atoms with van der Waals surface area (Å²) in [7, 11) is 0. The first kappa shape index (κ1) is 49.1. The lowest BCUT2D eigenvalue weighted by Gasteiger charge is -2.57. The van der Waals surface area contributed by atoms with E-state index in [0.717, 1.165) is 134 Å². The summed E-state index contributed by atoms with van der Waals surface area (Å²) in [4.78, 5) is 7.29. The summed E-state index contributed by atoms with van der Waals surface area (Å²) in [5, 5.41) is 7.37. The first-order valence-electron chi connectivity index (χ1n) is 29.1. The summed E-state index contributed by atoms with van der Waals surface area (Å²) in [6.45, 7) is 6.74. The van der Waals surface area contributed by atoms with Crippen LogP contribution in [0.25, 0.3) is 76.5 Å². The maximum atomic E-state index is 16.0. The summed E-state index contributed by atoms with van der Waals surface area (Å²) < 4.78 is 45.5. The number of allylic oxidation sites excluding steroid dienone is 2. The average Bonchev–Trinajstić information content (AvgIpc) is 1.59. The predicted octanol–water partition coefficient (Wildman–Crippen LogP) is 21.7. The van der Waals surface area contributed by atoms with Gasteiger partial charge in [-0.05, 0) is 149 Å².